The number of rotatable bonds is 2. The van der Waals surface area contributed by atoms with Crippen molar-refractivity contribution >= 4 is 27.3 Å². The number of carbonyl (C=O) groups is 1. The standard InChI is InChI=1S/C17H23N3O2S/c1-11(2)19-7-9-20(10-8-19)17(22)14-12(3)23-13-5-6-18(4)16(21)15(13)14/h5-6,11H,7-10H2,1-4H3. The second-order valence-electron chi connectivity index (χ2n) is 6.43. The molecule has 0 bridgehead atoms. The third kappa shape index (κ3) is 2.81. The number of aromatic nitrogens is 1. The van der Waals surface area contributed by atoms with E-state index in [0.29, 0.717) is 17.0 Å². The molecule has 3 heterocycles. The van der Waals surface area contributed by atoms with Crippen LogP contribution in [0.2, 0.25) is 0 Å². The summed E-state index contributed by atoms with van der Waals surface area (Å²) >= 11 is 1.53. The molecule has 5 nitrogen and oxygen atoms in total. The molecule has 1 fully saturated rings. The van der Waals surface area contributed by atoms with Crippen LogP contribution in [0.25, 0.3) is 10.1 Å². The van der Waals surface area contributed by atoms with Crippen LogP contribution in [0.4, 0.5) is 0 Å². The van der Waals surface area contributed by atoms with Gasteiger partial charge in [-0.1, -0.05) is 0 Å². The topological polar surface area (TPSA) is 45.6 Å². The van der Waals surface area contributed by atoms with Gasteiger partial charge in [0.2, 0.25) is 0 Å². The van der Waals surface area contributed by atoms with E-state index in [4.69, 9.17) is 0 Å². The minimum absolute atomic E-state index is 0.000422. The van der Waals surface area contributed by atoms with Crippen molar-refractivity contribution in [1.82, 2.24) is 14.4 Å². The second kappa shape index (κ2) is 6.09. The number of hydrogen-bond donors (Lipinski definition) is 0. The zero-order valence-corrected chi connectivity index (χ0v) is 14.9. The number of piperazine rings is 1. The number of hydrogen-bond acceptors (Lipinski definition) is 4. The summed E-state index contributed by atoms with van der Waals surface area (Å²) in [5, 5.41) is 0.578. The Kier molecular flexibility index (Phi) is 4.29. The molecule has 0 aromatic carbocycles. The molecule has 1 aliphatic rings. The van der Waals surface area contributed by atoms with Crippen molar-refractivity contribution in [3.05, 3.63) is 33.1 Å². The molecular formula is C17H23N3O2S. The Bertz CT molecular complexity index is 798. The molecule has 124 valence electrons. The van der Waals surface area contributed by atoms with Gasteiger partial charge in [-0.2, -0.15) is 0 Å². The molecule has 3 rings (SSSR count). The molecule has 0 spiro atoms. The maximum Gasteiger partial charge on any atom is 0.259 e. The maximum atomic E-state index is 13.0. The first-order valence-electron chi connectivity index (χ1n) is 8.02. The first-order chi connectivity index (χ1) is 10.9. The molecule has 6 heteroatoms. The largest absolute Gasteiger partial charge is 0.336 e. The number of thiophene rings is 1. The van der Waals surface area contributed by atoms with Crippen LogP contribution in [0.3, 0.4) is 0 Å². The van der Waals surface area contributed by atoms with E-state index < -0.39 is 0 Å². The van der Waals surface area contributed by atoms with Gasteiger partial charge in [-0.3, -0.25) is 14.5 Å². The van der Waals surface area contributed by atoms with Gasteiger partial charge < -0.3 is 9.47 Å². The third-order valence-electron chi connectivity index (χ3n) is 4.64. The lowest BCUT2D eigenvalue weighted by atomic mass is 10.1. The van der Waals surface area contributed by atoms with E-state index >= 15 is 0 Å². The smallest absolute Gasteiger partial charge is 0.259 e. The SMILES string of the molecule is Cc1sc2ccn(C)c(=O)c2c1C(=O)N1CCN(C(C)C)CC1. The van der Waals surface area contributed by atoms with Gasteiger partial charge in [0.1, 0.15) is 0 Å². The molecule has 1 amide bonds. The molecule has 0 N–H and O–H groups in total. The quantitative estimate of drug-likeness (QED) is 0.845. The monoisotopic (exact) mass is 333 g/mol. The molecule has 2 aromatic rings. The molecule has 0 atom stereocenters. The number of aryl methyl sites for hydroxylation is 2. The molecule has 23 heavy (non-hydrogen) atoms. The first-order valence-corrected chi connectivity index (χ1v) is 8.84. The number of nitrogens with zero attached hydrogens (tertiary/aromatic N) is 3. The van der Waals surface area contributed by atoms with Gasteiger partial charge in [0.15, 0.2) is 0 Å². The van der Waals surface area contributed by atoms with Gasteiger partial charge in [0.25, 0.3) is 11.5 Å². The highest BCUT2D eigenvalue weighted by atomic mass is 32.1. The third-order valence-corrected chi connectivity index (χ3v) is 5.71. The fourth-order valence-corrected chi connectivity index (χ4v) is 4.22. The van der Waals surface area contributed by atoms with E-state index in [2.05, 4.69) is 18.7 Å². The summed E-state index contributed by atoms with van der Waals surface area (Å²) in [5.74, 6) is 0.000422. The van der Waals surface area contributed by atoms with Gasteiger partial charge in [-0.15, -0.1) is 11.3 Å². The van der Waals surface area contributed by atoms with Crippen molar-refractivity contribution in [3.63, 3.8) is 0 Å². The summed E-state index contributed by atoms with van der Waals surface area (Å²) in [6, 6.07) is 2.42. The Hall–Kier alpha value is -1.66. The Morgan fingerprint density at radius 2 is 1.87 bits per heavy atom. The maximum absolute atomic E-state index is 13.0. The average Bonchev–Trinajstić information content (AvgIpc) is 2.87. The number of amides is 1. The molecule has 1 aliphatic heterocycles. The molecule has 0 radical (unpaired) electrons. The number of fused-ring (bicyclic) bond motifs is 1. The average molecular weight is 333 g/mol. The van der Waals surface area contributed by atoms with E-state index in [9.17, 15) is 9.59 Å². The van der Waals surface area contributed by atoms with Gasteiger partial charge in [0, 0.05) is 55.0 Å². The molecular weight excluding hydrogens is 310 g/mol. The molecule has 0 unspecified atom stereocenters. The van der Waals surface area contributed by atoms with E-state index in [0.717, 1.165) is 35.8 Å². The van der Waals surface area contributed by atoms with Crippen LogP contribution in [0.1, 0.15) is 29.1 Å². The van der Waals surface area contributed by atoms with Gasteiger partial charge in [-0.05, 0) is 26.8 Å². The highest BCUT2D eigenvalue weighted by molar-refractivity contribution is 7.19. The van der Waals surface area contributed by atoms with Crippen molar-refractivity contribution < 1.29 is 4.79 Å². The summed E-state index contributed by atoms with van der Waals surface area (Å²) in [6.45, 7) is 9.52. The molecule has 0 saturated carbocycles. The Balaban J connectivity index is 1.95. The molecule has 0 aliphatic carbocycles. The summed E-state index contributed by atoms with van der Waals surface area (Å²) in [4.78, 5) is 30.7. The zero-order chi connectivity index (χ0) is 16.7. The number of carbonyl (C=O) groups excluding carboxylic acids is 1. The van der Waals surface area contributed by atoms with E-state index in [1.165, 1.54) is 11.3 Å². The van der Waals surface area contributed by atoms with E-state index in [-0.39, 0.29) is 11.5 Å². The summed E-state index contributed by atoms with van der Waals surface area (Å²) in [7, 11) is 1.73. The lowest BCUT2D eigenvalue weighted by Gasteiger charge is -2.37. The van der Waals surface area contributed by atoms with Crippen molar-refractivity contribution in [2.45, 2.75) is 26.8 Å². The minimum atomic E-state index is -0.0870. The lowest BCUT2D eigenvalue weighted by Crippen LogP contribution is -2.50. The van der Waals surface area contributed by atoms with Crippen LogP contribution in [0, 0.1) is 6.92 Å². The summed E-state index contributed by atoms with van der Waals surface area (Å²) < 4.78 is 2.44. The predicted octanol–water partition coefficient (Wildman–Crippen LogP) is 2.07. The van der Waals surface area contributed by atoms with Crippen molar-refractivity contribution in [1.29, 1.82) is 0 Å². The Labute approximate surface area is 140 Å². The summed E-state index contributed by atoms with van der Waals surface area (Å²) in [6.07, 6.45) is 1.76. The molecule has 1 saturated heterocycles. The predicted molar refractivity (Wildman–Crippen MR) is 94.4 cm³/mol. The van der Waals surface area contributed by atoms with Crippen LogP contribution >= 0.6 is 11.3 Å². The van der Waals surface area contributed by atoms with Gasteiger partial charge in [0.05, 0.1) is 10.9 Å². The van der Waals surface area contributed by atoms with Crippen LogP contribution in [0.5, 0.6) is 0 Å². The first kappa shape index (κ1) is 16.2. The van der Waals surface area contributed by atoms with Gasteiger partial charge in [-0.25, -0.2) is 0 Å². The molecule has 2 aromatic heterocycles. The van der Waals surface area contributed by atoms with Crippen LogP contribution < -0.4 is 5.56 Å². The lowest BCUT2D eigenvalue weighted by molar-refractivity contribution is 0.0597. The van der Waals surface area contributed by atoms with Crippen LogP contribution in [-0.4, -0.2) is 52.5 Å². The van der Waals surface area contributed by atoms with Crippen LogP contribution in [0.15, 0.2) is 17.1 Å². The normalized spacial score (nSPS) is 16.5. The van der Waals surface area contributed by atoms with Crippen molar-refractivity contribution in [2.75, 3.05) is 26.2 Å². The van der Waals surface area contributed by atoms with Gasteiger partial charge >= 0.3 is 0 Å². The summed E-state index contributed by atoms with van der Waals surface area (Å²) in [5.41, 5.74) is 0.514. The second-order valence-corrected chi connectivity index (χ2v) is 7.68. The minimum Gasteiger partial charge on any atom is -0.336 e. The zero-order valence-electron chi connectivity index (χ0n) is 14.1. The van der Waals surface area contributed by atoms with Crippen molar-refractivity contribution in [3.8, 4) is 0 Å². The van der Waals surface area contributed by atoms with Crippen LogP contribution in [-0.2, 0) is 7.05 Å². The van der Waals surface area contributed by atoms with Crippen molar-refractivity contribution in [2.24, 2.45) is 7.05 Å². The van der Waals surface area contributed by atoms with E-state index in [1.807, 2.05) is 17.9 Å². The number of pyridine rings is 1. The fraction of sp³-hybridized carbons (Fsp3) is 0.529. The van der Waals surface area contributed by atoms with E-state index in [1.54, 1.807) is 17.8 Å². The highest BCUT2D eigenvalue weighted by Gasteiger charge is 2.27. The Morgan fingerprint density at radius 3 is 2.48 bits per heavy atom. The Morgan fingerprint density at radius 1 is 1.22 bits per heavy atom. The highest BCUT2D eigenvalue weighted by Crippen LogP contribution is 2.29. The fourth-order valence-electron chi connectivity index (χ4n) is 3.18.